The minimum Gasteiger partial charge on any atom is -0.321 e. The van der Waals surface area contributed by atoms with Gasteiger partial charge in [-0.05, 0) is 30.3 Å². The van der Waals surface area contributed by atoms with Crippen molar-refractivity contribution in [2.75, 3.05) is 11.1 Å². The number of sulfone groups is 1. The Labute approximate surface area is 144 Å². The van der Waals surface area contributed by atoms with E-state index in [2.05, 4.69) is 10.6 Å². The zero-order valence-electron chi connectivity index (χ0n) is 13.2. The molecule has 1 aliphatic heterocycles. The Balaban J connectivity index is 1.94. The molecule has 7 nitrogen and oxygen atoms in total. The molecule has 1 heterocycles. The molecule has 2 N–H and O–H groups in total. The number of carbonyl (C=O) groups is 3. The summed E-state index contributed by atoms with van der Waals surface area (Å²) in [5.74, 6) is -1.76. The number of hydrogen-bond acceptors (Lipinski definition) is 5. The normalized spacial score (nSPS) is 13.3. The van der Waals surface area contributed by atoms with E-state index >= 15 is 0 Å². The molecule has 8 heteroatoms. The first kappa shape index (κ1) is 16.8. The zero-order valence-corrected chi connectivity index (χ0v) is 14.0. The molecule has 3 amide bonds. The number of fused-ring (bicyclic) bond motifs is 1. The highest BCUT2D eigenvalue weighted by Crippen LogP contribution is 2.25. The number of imide groups is 1. The minimum atomic E-state index is -3.44. The number of nitrogens with one attached hydrogen (secondary N) is 2. The van der Waals surface area contributed by atoms with Gasteiger partial charge < -0.3 is 5.32 Å². The molecule has 128 valence electrons. The molecule has 0 radical (unpaired) electrons. The van der Waals surface area contributed by atoms with Crippen LogP contribution in [0, 0.1) is 0 Å². The molecule has 0 fully saturated rings. The lowest BCUT2D eigenvalue weighted by Gasteiger charge is -2.09. The van der Waals surface area contributed by atoms with Crippen LogP contribution >= 0.6 is 0 Å². The van der Waals surface area contributed by atoms with E-state index in [4.69, 9.17) is 0 Å². The topological polar surface area (TPSA) is 109 Å². The maximum absolute atomic E-state index is 12.4. The Morgan fingerprint density at radius 2 is 1.80 bits per heavy atom. The van der Waals surface area contributed by atoms with Crippen LogP contribution in [0.2, 0.25) is 0 Å². The first-order valence-electron chi connectivity index (χ1n) is 7.46. The molecule has 0 aromatic heterocycles. The molecule has 0 atom stereocenters. The lowest BCUT2D eigenvalue weighted by molar-refractivity contribution is 0.0879. The van der Waals surface area contributed by atoms with Crippen LogP contribution in [-0.2, 0) is 9.84 Å². The van der Waals surface area contributed by atoms with Crippen LogP contribution in [0.4, 0.5) is 5.69 Å². The SMILES string of the molecule is CCS(=O)(=O)c1cccc(C(=O)Nc2cccc3c2C(=O)NC3=O)c1. The summed E-state index contributed by atoms with van der Waals surface area (Å²) in [5.41, 5.74) is 0.606. The highest BCUT2D eigenvalue weighted by molar-refractivity contribution is 7.91. The molecular formula is C17H14N2O5S. The fraction of sp³-hybridized carbons (Fsp3) is 0.118. The van der Waals surface area contributed by atoms with E-state index in [-0.39, 0.29) is 33.0 Å². The monoisotopic (exact) mass is 358 g/mol. The van der Waals surface area contributed by atoms with Gasteiger partial charge in [-0.2, -0.15) is 0 Å². The second-order valence-electron chi connectivity index (χ2n) is 5.40. The largest absolute Gasteiger partial charge is 0.321 e. The van der Waals surface area contributed by atoms with Crippen LogP contribution in [0.1, 0.15) is 38.0 Å². The quantitative estimate of drug-likeness (QED) is 0.807. The van der Waals surface area contributed by atoms with E-state index in [0.29, 0.717) is 0 Å². The third kappa shape index (κ3) is 3.03. The van der Waals surface area contributed by atoms with Gasteiger partial charge in [0, 0.05) is 5.56 Å². The van der Waals surface area contributed by atoms with E-state index in [9.17, 15) is 22.8 Å². The van der Waals surface area contributed by atoms with E-state index in [1.54, 1.807) is 6.07 Å². The Bertz CT molecular complexity index is 1010. The molecule has 25 heavy (non-hydrogen) atoms. The van der Waals surface area contributed by atoms with Crippen molar-refractivity contribution >= 4 is 33.2 Å². The van der Waals surface area contributed by atoms with Gasteiger partial charge in [-0.15, -0.1) is 0 Å². The van der Waals surface area contributed by atoms with Crippen molar-refractivity contribution in [3.8, 4) is 0 Å². The summed E-state index contributed by atoms with van der Waals surface area (Å²) in [6, 6.07) is 10.2. The number of hydrogen-bond donors (Lipinski definition) is 2. The Morgan fingerprint density at radius 1 is 1.08 bits per heavy atom. The first-order chi connectivity index (χ1) is 11.8. The van der Waals surface area contributed by atoms with Crippen molar-refractivity contribution in [2.24, 2.45) is 0 Å². The van der Waals surface area contributed by atoms with Crippen molar-refractivity contribution in [2.45, 2.75) is 11.8 Å². The lowest BCUT2D eigenvalue weighted by atomic mass is 10.1. The van der Waals surface area contributed by atoms with Crippen molar-refractivity contribution in [3.63, 3.8) is 0 Å². The molecule has 0 spiro atoms. The molecule has 0 unspecified atom stereocenters. The van der Waals surface area contributed by atoms with E-state index in [1.807, 2.05) is 0 Å². The zero-order chi connectivity index (χ0) is 18.2. The van der Waals surface area contributed by atoms with Gasteiger partial charge >= 0.3 is 0 Å². The van der Waals surface area contributed by atoms with Crippen LogP contribution in [-0.4, -0.2) is 31.9 Å². The average molecular weight is 358 g/mol. The third-order valence-electron chi connectivity index (χ3n) is 3.85. The molecule has 0 saturated heterocycles. The summed E-state index contributed by atoms with van der Waals surface area (Å²) in [4.78, 5) is 36.0. The highest BCUT2D eigenvalue weighted by Gasteiger charge is 2.29. The average Bonchev–Trinajstić information content (AvgIpc) is 2.90. The van der Waals surface area contributed by atoms with Gasteiger partial charge in [0.25, 0.3) is 17.7 Å². The van der Waals surface area contributed by atoms with Crippen molar-refractivity contribution in [1.29, 1.82) is 0 Å². The van der Waals surface area contributed by atoms with Gasteiger partial charge in [0.05, 0.1) is 27.5 Å². The molecule has 1 aliphatic rings. The van der Waals surface area contributed by atoms with Crippen LogP contribution in [0.25, 0.3) is 0 Å². The molecule has 0 saturated carbocycles. The van der Waals surface area contributed by atoms with Gasteiger partial charge in [0.1, 0.15) is 0 Å². The molecule has 3 rings (SSSR count). The number of rotatable bonds is 4. The maximum Gasteiger partial charge on any atom is 0.261 e. The molecule has 0 aliphatic carbocycles. The molecular weight excluding hydrogens is 344 g/mol. The Kier molecular flexibility index (Phi) is 4.13. The first-order valence-corrected chi connectivity index (χ1v) is 9.11. The number of benzene rings is 2. The fourth-order valence-corrected chi connectivity index (χ4v) is 3.44. The summed E-state index contributed by atoms with van der Waals surface area (Å²) >= 11 is 0. The fourth-order valence-electron chi connectivity index (χ4n) is 2.52. The van der Waals surface area contributed by atoms with Gasteiger partial charge in [0.2, 0.25) is 0 Å². The van der Waals surface area contributed by atoms with E-state index in [0.717, 1.165) is 0 Å². The molecule has 2 aromatic carbocycles. The van der Waals surface area contributed by atoms with E-state index < -0.39 is 27.6 Å². The summed E-state index contributed by atoms with van der Waals surface area (Å²) in [6.07, 6.45) is 0. The number of anilines is 1. The smallest absolute Gasteiger partial charge is 0.261 e. The molecule has 2 aromatic rings. The summed E-state index contributed by atoms with van der Waals surface area (Å²) in [7, 11) is -3.44. The van der Waals surface area contributed by atoms with Crippen LogP contribution in [0.5, 0.6) is 0 Å². The Morgan fingerprint density at radius 3 is 2.52 bits per heavy atom. The number of amides is 3. The highest BCUT2D eigenvalue weighted by atomic mass is 32.2. The van der Waals surface area contributed by atoms with Crippen molar-refractivity contribution < 1.29 is 22.8 Å². The van der Waals surface area contributed by atoms with Gasteiger partial charge in [-0.3, -0.25) is 19.7 Å². The van der Waals surface area contributed by atoms with Gasteiger partial charge in [-0.25, -0.2) is 8.42 Å². The third-order valence-corrected chi connectivity index (χ3v) is 5.58. The standard InChI is InChI=1S/C17H14N2O5S/c1-2-25(23,24)11-6-3-5-10(9-11)15(20)18-13-8-4-7-12-14(13)17(22)19-16(12)21/h3-9H,2H2,1H3,(H,18,20)(H,19,21,22). The number of carbonyl (C=O) groups excluding carboxylic acids is 3. The molecule has 0 bridgehead atoms. The second-order valence-corrected chi connectivity index (χ2v) is 7.68. The van der Waals surface area contributed by atoms with Crippen molar-refractivity contribution in [1.82, 2.24) is 5.32 Å². The van der Waals surface area contributed by atoms with Crippen LogP contribution in [0.15, 0.2) is 47.4 Å². The van der Waals surface area contributed by atoms with Crippen molar-refractivity contribution in [3.05, 3.63) is 59.2 Å². The second kappa shape index (κ2) is 6.14. The van der Waals surface area contributed by atoms with Crippen LogP contribution < -0.4 is 10.6 Å². The Hall–Kier alpha value is -3.00. The summed E-state index contributed by atoms with van der Waals surface area (Å²) in [5, 5.41) is 4.72. The van der Waals surface area contributed by atoms with E-state index in [1.165, 1.54) is 43.3 Å². The predicted octanol–water partition coefficient (Wildman–Crippen LogP) is 1.62. The van der Waals surface area contributed by atoms with Crippen LogP contribution in [0.3, 0.4) is 0 Å². The van der Waals surface area contributed by atoms with Gasteiger partial charge in [-0.1, -0.05) is 19.1 Å². The summed E-state index contributed by atoms with van der Waals surface area (Å²) < 4.78 is 23.9. The lowest BCUT2D eigenvalue weighted by Crippen LogP contribution is -2.21. The predicted molar refractivity (Wildman–Crippen MR) is 90.4 cm³/mol. The van der Waals surface area contributed by atoms with Gasteiger partial charge in [0.15, 0.2) is 9.84 Å². The summed E-state index contributed by atoms with van der Waals surface area (Å²) in [6.45, 7) is 1.52. The maximum atomic E-state index is 12.4. The minimum absolute atomic E-state index is 0.0499.